The Morgan fingerprint density at radius 2 is 1.93 bits per heavy atom. The first-order valence-electron chi connectivity index (χ1n) is 10.3. The standard InChI is InChI=1S/C21H24N4O5/c1-13(18(26)25-11-9-22-21(25)29)30-20(28)14-7-8-15-16(12-14)23-17-6-4-2-3-5-10-24(17)19(15)27/h7-8,12-13H,2-6,9-11H2,1H3,(H,22,29)/t13-/m0/s1. The van der Waals surface area contributed by atoms with Crippen LogP contribution in [0, 0.1) is 0 Å². The lowest BCUT2D eigenvalue weighted by Gasteiger charge is -2.18. The number of carbonyl (C=O) groups excluding carboxylic acids is 3. The normalized spacial score (nSPS) is 17.6. The molecule has 1 aromatic carbocycles. The predicted molar refractivity (Wildman–Crippen MR) is 108 cm³/mol. The molecule has 1 aromatic heterocycles. The molecule has 30 heavy (non-hydrogen) atoms. The van der Waals surface area contributed by atoms with Crippen LogP contribution in [0.4, 0.5) is 4.79 Å². The predicted octanol–water partition coefficient (Wildman–Crippen LogP) is 1.61. The molecule has 4 rings (SSSR count). The molecular formula is C21H24N4O5. The summed E-state index contributed by atoms with van der Waals surface area (Å²) in [6.07, 6.45) is 3.76. The molecule has 0 aliphatic carbocycles. The number of nitrogens with one attached hydrogen (secondary N) is 1. The molecule has 0 bridgehead atoms. The van der Waals surface area contributed by atoms with Crippen LogP contribution >= 0.6 is 0 Å². The average Bonchev–Trinajstić information content (AvgIpc) is 3.14. The van der Waals surface area contributed by atoms with Crippen LogP contribution in [0.15, 0.2) is 23.0 Å². The largest absolute Gasteiger partial charge is 0.449 e. The van der Waals surface area contributed by atoms with Crippen LogP contribution < -0.4 is 10.9 Å². The Kier molecular flexibility index (Phi) is 5.52. The maximum absolute atomic E-state index is 12.9. The summed E-state index contributed by atoms with van der Waals surface area (Å²) in [5.74, 6) is -0.538. The molecule has 2 aromatic rings. The fraction of sp³-hybridized carbons (Fsp3) is 0.476. The summed E-state index contributed by atoms with van der Waals surface area (Å²) in [6, 6.07) is 4.12. The Morgan fingerprint density at radius 3 is 2.70 bits per heavy atom. The zero-order valence-electron chi connectivity index (χ0n) is 16.8. The minimum Gasteiger partial charge on any atom is -0.449 e. The lowest BCUT2D eigenvalue weighted by atomic mass is 10.1. The van der Waals surface area contributed by atoms with Gasteiger partial charge in [-0.05, 0) is 38.0 Å². The SMILES string of the molecule is C[C@H](OC(=O)c1ccc2c(=O)n3c(nc2c1)CCCCCC3)C(=O)N1CCNC1=O. The van der Waals surface area contributed by atoms with Crippen LogP contribution in [0.1, 0.15) is 48.8 Å². The van der Waals surface area contributed by atoms with E-state index >= 15 is 0 Å². The number of amides is 3. The van der Waals surface area contributed by atoms with Gasteiger partial charge in [0.05, 0.1) is 16.5 Å². The van der Waals surface area contributed by atoms with Gasteiger partial charge in [-0.25, -0.2) is 14.6 Å². The Morgan fingerprint density at radius 1 is 1.13 bits per heavy atom. The van der Waals surface area contributed by atoms with Crippen molar-refractivity contribution in [1.29, 1.82) is 0 Å². The van der Waals surface area contributed by atoms with Crippen molar-refractivity contribution in [2.75, 3.05) is 13.1 Å². The molecule has 9 heteroatoms. The van der Waals surface area contributed by atoms with Gasteiger partial charge >= 0.3 is 12.0 Å². The highest BCUT2D eigenvalue weighted by Gasteiger charge is 2.31. The van der Waals surface area contributed by atoms with Gasteiger partial charge < -0.3 is 10.1 Å². The van der Waals surface area contributed by atoms with E-state index in [4.69, 9.17) is 4.74 Å². The van der Waals surface area contributed by atoms with Crippen molar-refractivity contribution in [3.05, 3.63) is 39.9 Å². The molecular weight excluding hydrogens is 388 g/mol. The number of benzene rings is 1. The maximum Gasteiger partial charge on any atom is 0.338 e. The van der Waals surface area contributed by atoms with Gasteiger partial charge in [-0.1, -0.05) is 12.8 Å². The minimum atomic E-state index is -1.11. The van der Waals surface area contributed by atoms with Crippen LogP contribution in [0.25, 0.3) is 10.9 Å². The number of carbonyl (C=O) groups is 3. The van der Waals surface area contributed by atoms with E-state index in [1.54, 1.807) is 10.6 Å². The lowest BCUT2D eigenvalue weighted by molar-refractivity contribution is -0.136. The van der Waals surface area contributed by atoms with Crippen LogP contribution in [0.3, 0.4) is 0 Å². The number of aryl methyl sites for hydroxylation is 1. The van der Waals surface area contributed by atoms with Gasteiger partial charge in [0.25, 0.3) is 11.5 Å². The van der Waals surface area contributed by atoms with Crippen molar-refractivity contribution >= 4 is 28.8 Å². The van der Waals surface area contributed by atoms with Crippen LogP contribution in [-0.4, -0.2) is 51.6 Å². The van der Waals surface area contributed by atoms with Crippen LogP contribution in [0.2, 0.25) is 0 Å². The van der Waals surface area contributed by atoms with Crippen molar-refractivity contribution in [2.45, 2.75) is 51.7 Å². The highest BCUT2D eigenvalue weighted by atomic mass is 16.5. The van der Waals surface area contributed by atoms with Gasteiger partial charge in [0.15, 0.2) is 6.10 Å². The third-order valence-corrected chi connectivity index (χ3v) is 5.56. The zero-order chi connectivity index (χ0) is 21.3. The molecule has 0 unspecified atom stereocenters. The minimum absolute atomic E-state index is 0.0968. The quantitative estimate of drug-likeness (QED) is 0.767. The van der Waals surface area contributed by atoms with Crippen molar-refractivity contribution < 1.29 is 19.1 Å². The number of ether oxygens (including phenoxy) is 1. The molecule has 0 spiro atoms. The number of imide groups is 1. The number of rotatable bonds is 3. The van der Waals surface area contributed by atoms with Gasteiger partial charge in [0.2, 0.25) is 0 Å². The lowest BCUT2D eigenvalue weighted by Crippen LogP contribution is -2.41. The van der Waals surface area contributed by atoms with Crippen molar-refractivity contribution in [3.8, 4) is 0 Å². The van der Waals surface area contributed by atoms with E-state index in [9.17, 15) is 19.2 Å². The van der Waals surface area contributed by atoms with E-state index in [1.165, 1.54) is 19.1 Å². The smallest absolute Gasteiger partial charge is 0.338 e. The topological polar surface area (TPSA) is 111 Å². The fourth-order valence-electron chi connectivity index (χ4n) is 3.90. The molecule has 3 heterocycles. The molecule has 9 nitrogen and oxygen atoms in total. The first kappa shape index (κ1) is 20.1. The number of nitrogens with zero attached hydrogens (tertiary/aromatic N) is 3. The first-order valence-corrected chi connectivity index (χ1v) is 10.3. The van der Waals surface area contributed by atoms with Gasteiger partial charge in [0, 0.05) is 26.1 Å². The van der Waals surface area contributed by atoms with E-state index in [2.05, 4.69) is 10.3 Å². The third kappa shape index (κ3) is 3.79. The van der Waals surface area contributed by atoms with Crippen LogP contribution in [0.5, 0.6) is 0 Å². The second-order valence-corrected chi connectivity index (χ2v) is 7.65. The number of aromatic nitrogens is 2. The Hall–Kier alpha value is -3.23. The molecule has 2 aliphatic heterocycles. The Balaban J connectivity index is 1.57. The zero-order valence-corrected chi connectivity index (χ0v) is 16.8. The molecule has 1 fully saturated rings. The van der Waals surface area contributed by atoms with Crippen molar-refractivity contribution in [3.63, 3.8) is 0 Å². The van der Waals surface area contributed by atoms with E-state index in [0.717, 1.165) is 42.8 Å². The summed E-state index contributed by atoms with van der Waals surface area (Å²) in [5.41, 5.74) is 0.551. The third-order valence-electron chi connectivity index (χ3n) is 5.56. The van der Waals surface area contributed by atoms with E-state index in [1.807, 2.05) is 0 Å². The molecule has 158 valence electrons. The van der Waals surface area contributed by atoms with Gasteiger partial charge in [-0.2, -0.15) is 0 Å². The molecule has 0 radical (unpaired) electrons. The first-order chi connectivity index (χ1) is 14.5. The second-order valence-electron chi connectivity index (χ2n) is 7.65. The number of urea groups is 1. The molecule has 2 aliphatic rings. The number of esters is 1. The second kappa shape index (κ2) is 8.25. The summed E-state index contributed by atoms with van der Waals surface area (Å²) in [5, 5.41) is 2.99. The summed E-state index contributed by atoms with van der Waals surface area (Å²) < 4.78 is 7.00. The highest BCUT2D eigenvalue weighted by Crippen LogP contribution is 2.17. The van der Waals surface area contributed by atoms with E-state index < -0.39 is 24.0 Å². The molecule has 1 N–H and O–H groups in total. The molecule has 0 saturated carbocycles. The van der Waals surface area contributed by atoms with Gasteiger partial charge in [-0.15, -0.1) is 0 Å². The molecule has 3 amide bonds. The van der Waals surface area contributed by atoms with Gasteiger partial charge in [0.1, 0.15) is 5.82 Å². The van der Waals surface area contributed by atoms with Crippen LogP contribution in [-0.2, 0) is 22.5 Å². The van der Waals surface area contributed by atoms with E-state index in [-0.39, 0.29) is 17.7 Å². The highest BCUT2D eigenvalue weighted by molar-refractivity contribution is 6.00. The number of fused-ring (bicyclic) bond motifs is 2. The summed E-state index contributed by atoms with van der Waals surface area (Å²) in [4.78, 5) is 55.1. The number of hydrogen-bond acceptors (Lipinski definition) is 6. The summed E-state index contributed by atoms with van der Waals surface area (Å²) in [7, 11) is 0. The van der Waals surface area contributed by atoms with Crippen molar-refractivity contribution in [2.24, 2.45) is 0 Å². The molecule has 1 atom stereocenters. The van der Waals surface area contributed by atoms with Gasteiger partial charge in [-0.3, -0.25) is 19.1 Å². The summed E-state index contributed by atoms with van der Waals surface area (Å²) >= 11 is 0. The van der Waals surface area contributed by atoms with Crippen molar-refractivity contribution in [1.82, 2.24) is 19.8 Å². The summed E-state index contributed by atoms with van der Waals surface area (Å²) in [6.45, 7) is 2.71. The monoisotopic (exact) mass is 412 g/mol. The fourth-order valence-corrected chi connectivity index (χ4v) is 3.90. The maximum atomic E-state index is 12.9. The Labute approximate surface area is 173 Å². The molecule has 1 saturated heterocycles. The average molecular weight is 412 g/mol. The van der Waals surface area contributed by atoms with E-state index in [0.29, 0.717) is 24.0 Å². The Bertz CT molecular complexity index is 1080. The number of hydrogen-bond donors (Lipinski definition) is 1.